The second-order valence-corrected chi connectivity index (χ2v) is 8.51. The summed E-state index contributed by atoms with van der Waals surface area (Å²) < 4.78 is 16.4. The normalized spacial score (nSPS) is 11.0. The fraction of sp³-hybridized carbons (Fsp3) is 0.0769. The number of amides is 1. The first-order valence-electron chi connectivity index (χ1n) is 10.7. The predicted octanol–water partition coefficient (Wildman–Crippen LogP) is 5.41. The van der Waals surface area contributed by atoms with Crippen molar-refractivity contribution < 1.29 is 9.18 Å². The summed E-state index contributed by atoms with van der Waals surface area (Å²) in [6, 6.07) is 25.6. The van der Waals surface area contributed by atoms with E-state index in [0.29, 0.717) is 28.8 Å². The summed E-state index contributed by atoms with van der Waals surface area (Å²) in [6.45, 7) is 0.455. The first kappa shape index (κ1) is 21.8. The molecule has 0 atom stereocenters. The fourth-order valence-electron chi connectivity index (χ4n) is 3.67. The molecule has 5 aromatic rings. The molecular weight excluding hydrogens is 449 g/mol. The molecule has 0 unspecified atom stereocenters. The maximum Gasteiger partial charge on any atom is 0.234 e. The number of thioether (sulfide) groups is 1. The van der Waals surface area contributed by atoms with Crippen molar-refractivity contribution in [2.45, 2.75) is 11.7 Å². The highest BCUT2D eigenvalue weighted by molar-refractivity contribution is 7.99. The van der Waals surface area contributed by atoms with E-state index in [1.807, 2.05) is 65.2 Å². The first-order valence-corrected chi connectivity index (χ1v) is 11.7. The smallest absolute Gasteiger partial charge is 0.234 e. The van der Waals surface area contributed by atoms with Crippen LogP contribution in [0.1, 0.15) is 5.56 Å². The Morgan fingerprint density at radius 1 is 0.912 bits per heavy atom. The molecule has 2 heterocycles. The Labute approximate surface area is 199 Å². The van der Waals surface area contributed by atoms with Crippen molar-refractivity contribution in [3.8, 4) is 11.4 Å². The van der Waals surface area contributed by atoms with Crippen molar-refractivity contribution in [2.24, 2.45) is 0 Å². The molecule has 0 bridgehead atoms. The minimum atomic E-state index is -0.372. The molecule has 0 saturated heterocycles. The molecule has 6 nitrogen and oxygen atoms in total. The van der Waals surface area contributed by atoms with E-state index in [0.717, 1.165) is 16.5 Å². The number of halogens is 1. The number of aromatic nitrogens is 4. The molecule has 0 aliphatic heterocycles. The van der Waals surface area contributed by atoms with Crippen molar-refractivity contribution in [1.82, 2.24) is 19.7 Å². The summed E-state index contributed by atoms with van der Waals surface area (Å²) in [4.78, 5) is 17.1. The van der Waals surface area contributed by atoms with E-state index in [1.165, 1.54) is 17.8 Å². The zero-order chi connectivity index (χ0) is 23.3. The van der Waals surface area contributed by atoms with E-state index in [2.05, 4.69) is 20.5 Å². The number of anilines is 1. The number of hydrogen-bond donors (Lipinski definition) is 1. The van der Waals surface area contributed by atoms with Gasteiger partial charge in [-0.3, -0.25) is 14.3 Å². The van der Waals surface area contributed by atoms with E-state index in [-0.39, 0.29) is 17.5 Å². The zero-order valence-corrected chi connectivity index (χ0v) is 18.9. The zero-order valence-electron chi connectivity index (χ0n) is 18.1. The van der Waals surface area contributed by atoms with Gasteiger partial charge in [-0.05, 0) is 42.0 Å². The van der Waals surface area contributed by atoms with Gasteiger partial charge in [0.2, 0.25) is 5.91 Å². The summed E-state index contributed by atoms with van der Waals surface area (Å²) >= 11 is 1.26. The third kappa shape index (κ3) is 4.67. The van der Waals surface area contributed by atoms with Crippen molar-refractivity contribution in [1.29, 1.82) is 0 Å². The molecule has 2 aromatic heterocycles. The molecule has 1 N–H and O–H groups in total. The summed E-state index contributed by atoms with van der Waals surface area (Å²) in [5.74, 6) is -0.00276. The maximum atomic E-state index is 14.5. The Morgan fingerprint density at radius 3 is 2.59 bits per heavy atom. The van der Waals surface area contributed by atoms with Gasteiger partial charge in [-0.25, -0.2) is 4.39 Å². The number of pyridine rings is 1. The van der Waals surface area contributed by atoms with Crippen LogP contribution < -0.4 is 5.32 Å². The van der Waals surface area contributed by atoms with Crippen LogP contribution in [0.3, 0.4) is 0 Å². The van der Waals surface area contributed by atoms with Gasteiger partial charge in [-0.2, -0.15) is 0 Å². The van der Waals surface area contributed by atoms with Crippen LogP contribution in [0.4, 0.5) is 10.1 Å². The average molecular weight is 470 g/mol. The summed E-state index contributed by atoms with van der Waals surface area (Å²) in [5, 5.41) is 12.9. The van der Waals surface area contributed by atoms with E-state index in [1.54, 1.807) is 24.4 Å². The van der Waals surface area contributed by atoms with Crippen molar-refractivity contribution in [2.75, 3.05) is 11.1 Å². The Balaban J connectivity index is 1.39. The van der Waals surface area contributed by atoms with Gasteiger partial charge in [-0.15, -0.1) is 10.2 Å². The fourth-order valence-corrected chi connectivity index (χ4v) is 4.41. The number of nitrogens with zero attached hydrogens (tertiary/aromatic N) is 4. The monoisotopic (exact) mass is 469 g/mol. The van der Waals surface area contributed by atoms with Crippen molar-refractivity contribution in [3.05, 3.63) is 103 Å². The van der Waals surface area contributed by atoms with Crippen LogP contribution in [-0.4, -0.2) is 31.4 Å². The Bertz CT molecular complexity index is 1450. The van der Waals surface area contributed by atoms with Crippen molar-refractivity contribution >= 4 is 34.3 Å². The van der Waals surface area contributed by atoms with E-state index >= 15 is 0 Å². The molecule has 8 heteroatoms. The molecule has 0 aliphatic rings. The molecule has 0 fully saturated rings. The summed E-state index contributed by atoms with van der Waals surface area (Å²) in [7, 11) is 0. The third-order valence-corrected chi connectivity index (χ3v) is 6.23. The van der Waals surface area contributed by atoms with Gasteiger partial charge in [0, 0.05) is 11.6 Å². The lowest BCUT2D eigenvalue weighted by molar-refractivity contribution is -0.113. The molecule has 34 heavy (non-hydrogen) atoms. The molecule has 3 aromatic carbocycles. The van der Waals surface area contributed by atoms with Crippen LogP contribution >= 0.6 is 11.8 Å². The van der Waals surface area contributed by atoms with Crippen LogP contribution in [0.2, 0.25) is 0 Å². The van der Waals surface area contributed by atoms with E-state index in [9.17, 15) is 9.18 Å². The predicted molar refractivity (Wildman–Crippen MR) is 132 cm³/mol. The highest BCUT2D eigenvalue weighted by Gasteiger charge is 2.18. The average Bonchev–Trinajstić information content (AvgIpc) is 3.26. The molecule has 1 amide bonds. The molecule has 0 radical (unpaired) electrons. The van der Waals surface area contributed by atoms with Gasteiger partial charge in [0.1, 0.15) is 5.82 Å². The van der Waals surface area contributed by atoms with Gasteiger partial charge in [0.15, 0.2) is 11.0 Å². The number of carbonyl (C=O) groups excluding carboxylic acids is 1. The highest BCUT2D eigenvalue weighted by atomic mass is 32.2. The molecule has 168 valence electrons. The Morgan fingerprint density at radius 2 is 1.74 bits per heavy atom. The number of carbonyl (C=O) groups is 1. The number of rotatable bonds is 7. The van der Waals surface area contributed by atoms with Crippen LogP contribution in [0, 0.1) is 5.82 Å². The van der Waals surface area contributed by atoms with Crippen LogP contribution in [0.15, 0.2) is 96.3 Å². The second kappa shape index (κ2) is 9.84. The lowest BCUT2D eigenvalue weighted by Gasteiger charge is -2.11. The van der Waals surface area contributed by atoms with Gasteiger partial charge < -0.3 is 5.32 Å². The number of nitrogens with one attached hydrogen (secondary N) is 1. The van der Waals surface area contributed by atoms with Gasteiger partial charge >= 0.3 is 0 Å². The van der Waals surface area contributed by atoms with Crippen LogP contribution in [0.5, 0.6) is 0 Å². The van der Waals surface area contributed by atoms with Gasteiger partial charge in [-0.1, -0.05) is 60.3 Å². The molecular formula is C26H20FN5OS. The topological polar surface area (TPSA) is 72.7 Å². The second-order valence-electron chi connectivity index (χ2n) is 7.57. The molecule has 5 rings (SSSR count). The van der Waals surface area contributed by atoms with E-state index < -0.39 is 0 Å². The lowest BCUT2D eigenvalue weighted by Crippen LogP contribution is -2.15. The largest absolute Gasteiger partial charge is 0.325 e. The first-order chi connectivity index (χ1) is 16.7. The number of fused-ring (bicyclic) bond motifs is 1. The van der Waals surface area contributed by atoms with Crippen molar-refractivity contribution in [3.63, 3.8) is 0 Å². The SMILES string of the molecule is O=C(CSc1nnc(-c2ccccc2F)n1Cc1ccccc1)Nc1cccc2ncccc12. The van der Waals surface area contributed by atoms with Gasteiger partial charge in [0.25, 0.3) is 0 Å². The summed E-state index contributed by atoms with van der Waals surface area (Å²) in [6.07, 6.45) is 1.72. The minimum absolute atomic E-state index is 0.126. The number of benzene rings is 3. The number of hydrogen-bond acceptors (Lipinski definition) is 5. The summed E-state index contributed by atoms with van der Waals surface area (Å²) in [5.41, 5.74) is 2.90. The highest BCUT2D eigenvalue weighted by Crippen LogP contribution is 2.27. The van der Waals surface area contributed by atoms with Gasteiger partial charge in [0.05, 0.1) is 29.1 Å². The minimum Gasteiger partial charge on any atom is -0.325 e. The van der Waals surface area contributed by atoms with E-state index in [4.69, 9.17) is 0 Å². The molecule has 0 saturated carbocycles. The molecule has 0 spiro atoms. The maximum absolute atomic E-state index is 14.5. The van der Waals surface area contributed by atoms with Crippen LogP contribution in [-0.2, 0) is 11.3 Å². The van der Waals surface area contributed by atoms with Crippen LogP contribution in [0.25, 0.3) is 22.3 Å². The lowest BCUT2D eigenvalue weighted by atomic mass is 10.2. The Kier molecular flexibility index (Phi) is 6.31. The Hall–Kier alpha value is -4.04. The molecule has 0 aliphatic carbocycles. The standard InChI is InChI=1S/C26H20FN5OS/c27-21-12-5-4-10-19(21)25-30-31-26(32(25)16-18-8-2-1-3-9-18)34-17-24(33)29-23-14-6-13-22-20(23)11-7-15-28-22/h1-15H,16-17H2,(H,29,33). The third-order valence-electron chi connectivity index (χ3n) is 5.27. The quantitative estimate of drug-likeness (QED) is 0.323.